The molecule has 28 heavy (non-hydrogen) atoms. The van der Waals surface area contributed by atoms with E-state index in [0.29, 0.717) is 23.4 Å². The third-order valence-electron chi connectivity index (χ3n) is 4.86. The number of H-pyrrole nitrogens is 1. The zero-order valence-corrected chi connectivity index (χ0v) is 16.3. The van der Waals surface area contributed by atoms with Crippen LogP contribution in [0.3, 0.4) is 0 Å². The fraction of sp³-hybridized carbons (Fsp3) is 0.200. The van der Waals surface area contributed by atoms with E-state index >= 15 is 0 Å². The Morgan fingerprint density at radius 1 is 1.14 bits per heavy atom. The number of carbonyl (C=O) groups is 1. The van der Waals surface area contributed by atoms with Crippen molar-refractivity contribution in [3.63, 3.8) is 0 Å². The minimum Gasteiger partial charge on any atom is -0.305 e. The maximum absolute atomic E-state index is 13.2. The van der Waals surface area contributed by atoms with Gasteiger partial charge in [-0.25, -0.2) is 8.42 Å². The summed E-state index contributed by atoms with van der Waals surface area (Å²) in [4.78, 5) is 12.9. The fourth-order valence-electron chi connectivity index (χ4n) is 3.39. The van der Waals surface area contributed by atoms with Crippen LogP contribution in [0.1, 0.15) is 38.1 Å². The summed E-state index contributed by atoms with van der Waals surface area (Å²) in [5.41, 5.74) is 3.32. The second-order valence-corrected chi connectivity index (χ2v) is 8.89. The van der Waals surface area contributed by atoms with Gasteiger partial charge in [0, 0.05) is 12.1 Å². The average molecular weight is 396 g/mol. The standard InChI is InChI=1S/C20H20N4O3S/c1-12-6-5-8-14(10-12)28(26,27)20-17-16(11-21-20)23-24-18(17)22-19(25)15-9-4-3-7-13(15)2/h3-10,20-21H,11H2,1-2H3,(H2,22,23,24,25). The quantitative estimate of drug-likeness (QED) is 0.629. The molecule has 0 aliphatic carbocycles. The molecule has 1 aliphatic rings. The van der Waals surface area contributed by atoms with Gasteiger partial charge in [-0.1, -0.05) is 30.3 Å². The smallest absolute Gasteiger partial charge is 0.257 e. The molecule has 4 rings (SSSR count). The van der Waals surface area contributed by atoms with E-state index in [4.69, 9.17) is 0 Å². The van der Waals surface area contributed by atoms with Crippen LogP contribution in [-0.4, -0.2) is 24.5 Å². The minimum absolute atomic E-state index is 0.231. The number of hydrogen-bond donors (Lipinski definition) is 3. The Hall–Kier alpha value is -2.97. The van der Waals surface area contributed by atoms with E-state index in [9.17, 15) is 13.2 Å². The number of benzene rings is 2. The van der Waals surface area contributed by atoms with Crippen molar-refractivity contribution < 1.29 is 13.2 Å². The third kappa shape index (κ3) is 3.10. The van der Waals surface area contributed by atoms with E-state index in [-0.39, 0.29) is 16.6 Å². The number of amides is 1. The van der Waals surface area contributed by atoms with Gasteiger partial charge in [0.15, 0.2) is 15.7 Å². The van der Waals surface area contributed by atoms with Crippen LogP contribution in [0.4, 0.5) is 5.82 Å². The largest absolute Gasteiger partial charge is 0.305 e. The molecule has 0 spiro atoms. The van der Waals surface area contributed by atoms with Crippen LogP contribution in [0.25, 0.3) is 0 Å². The first-order valence-corrected chi connectivity index (χ1v) is 10.4. The lowest BCUT2D eigenvalue weighted by molar-refractivity contribution is 0.102. The molecule has 1 aromatic heterocycles. The Morgan fingerprint density at radius 2 is 1.93 bits per heavy atom. The first-order chi connectivity index (χ1) is 13.4. The monoisotopic (exact) mass is 396 g/mol. The van der Waals surface area contributed by atoms with Gasteiger partial charge in [0.2, 0.25) is 0 Å². The van der Waals surface area contributed by atoms with Gasteiger partial charge in [0.25, 0.3) is 5.91 Å². The van der Waals surface area contributed by atoms with Gasteiger partial charge in [-0.05, 0) is 43.2 Å². The number of hydrogen-bond acceptors (Lipinski definition) is 5. The van der Waals surface area contributed by atoms with Gasteiger partial charge in [-0.2, -0.15) is 5.10 Å². The lowest BCUT2D eigenvalue weighted by atomic mass is 10.1. The Bertz CT molecular complexity index is 1170. The van der Waals surface area contributed by atoms with E-state index < -0.39 is 15.2 Å². The summed E-state index contributed by atoms with van der Waals surface area (Å²) < 4.78 is 26.4. The number of aromatic nitrogens is 2. The summed E-state index contributed by atoms with van der Waals surface area (Å²) in [5, 5.41) is 11.8. The van der Waals surface area contributed by atoms with Crippen molar-refractivity contribution in [1.29, 1.82) is 0 Å². The summed E-state index contributed by atoms with van der Waals surface area (Å²) in [7, 11) is -3.70. The van der Waals surface area contributed by atoms with E-state index in [1.165, 1.54) is 0 Å². The molecule has 1 amide bonds. The molecule has 3 aromatic rings. The number of rotatable bonds is 4. The second kappa shape index (κ2) is 6.88. The number of fused-ring (bicyclic) bond motifs is 1. The molecule has 3 N–H and O–H groups in total. The van der Waals surface area contributed by atoms with Crippen molar-refractivity contribution in [3.05, 3.63) is 76.5 Å². The SMILES string of the molecule is Cc1cccc(S(=O)(=O)C2NCc3[nH]nc(NC(=O)c4ccccc4C)c32)c1. The lowest BCUT2D eigenvalue weighted by Gasteiger charge is -2.15. The summed E-state index contributed by atoms with van der Waals surface area (Å²) in [6.45, 7) is 4.02. The van der Waals surface area contributed by atoms with E-state index in [2.05, 4.69) is 20.8 Å². The van der Waals surface area contributed by atoms with Crippen molar-refractivity contribution in [3.8, 4) is 0 Å². The summed E-state index contributed by atoms with van der Waals surface area (Å²) in [5.74, 6) is -0.0968. The number of sulfone groups is 1. The Kier molecular flexibility index (Phi) is 4.52. The summed E-state index contributed by atoms with van der Waals surface area (Å²) in [6, 6.07) is 14.0. The van der Waals surface area contributed by atoms with Crippen molar-refractivity contribution in [2.75, 3.05) is 5.32 Å². The number of anilines is 1. The zero-order chi connectivity index (χ0) is 19.9. The highest BCUT2D eigenvalue weighted by molar-refractivity contribution is 7.91. The number of aromatic amines is 1. The van der Waals surface area contributed by atoms with Crippen molar-refractivity contribution >= 4 is 21.6 Å². The molecule has 0 saturated heterocycles. The van der Waals surface area contributed by atoms with Gasteiger partial charge in [0.1, 0.15) is 5.37 Å². The Labute approximate surface area is 163 Å². The maximum Gasteiger partial charge on any atom is 0.257 e. The number of aryl methyl sites for hydroxylation is 2. The molecular formula is C20H20N4O3S. The number of nitrogens with one attached hydrogen (secondary N) is 3. The minimum atomic E-state index is -3.70. The molecule has 1 unspecified atom stereocenters. The summed E-state index contributed by atoms with van der Waals surface area (Å²) in [6.07, 6.45) is 0. The first-order valence-electron chi connectivity index (χ1n) is 8.86. The maximum atomic E-state index is 13.2. The molecule has 0 radical (unpaired) electrons. The Morgan fingerprint density at radius 3 is 2.68 bits per heavy atom. The van der Waals surface area contributed by atoms with Gasteiger partial charge in [-0.3, -0.25) is 15.2 Å². The normalized spacial score (nSPS) is 16.0. The summed E-state index contributed by atoms with van der Waals surface area (Å²) >= 11 is 0. The van der Waals surface area contributed by atoms with Crippen molar-refractivity contribution in [2.24, 2.45) is 0 Å². The van der Waals surface area contributed by atoms with Crippen molar-refractivity contribution in [1.82, 2.24) is 15.5 Å². The molecule has 1 aliphatic heterocycles. The van der Waals surface area contributed by atoms with Gasteiger partial charge >= 0.3 is 0 Å². The van der Waals surface area contributed by atoms with Crippen LogP contribution < -0.4 is 10.6 Å². The van der Waals surface area contributed by atoms with Gasteiger partial charge in [0.05, 0.1) is 16.2 Å². The van der Waals surface area contributed by atoms with Gasteiger partial charge in [-0.15, -0.1) is 0 Å². The average Bonchev–Trinajstić information content (AvgIpc) is 3.25. The molecule has 2 heterocycles. The third-order valence-corrected chi connectivity index (χ3v) is 6.79. The van der Waals surface area contributed by atoms with Crippen LogP contribution in [-0.2, 0) is 16.4 Å². The molecule has 0 bridgehead atoms. The molecular weight excluding hydrogens is 376 g/mol. The highest BCUT2D eigenvalue weighted by atomic mass is 32.2. The van der Waals surface area contributed by atoms with Crippen molar-refractivity contribution in [2.45, 2.75) is 30.7 Å². The second-order valence-electron chi connectivity index (χ2n) is 6.86. The highest BCUT2D eigenvalue weighted by Crippen LogP contribution is 2.37. The predicted octanol–water partition coefficient (Wildman–Crippen LogP) is 2.85. The molecule has 8 heteroatoms. The van der Waals surface area contributed by atoms with Crippen LogP contribution in [0, 0.1) is 13.8 Å². The topological polar surface area (TPSA) is 104 Å². The van der Waals surface area contributed by atoms with Crippen LogP contribution in [0.15, 0.2) is 53.4 Å². The molecule has 1 atom stereocenters. The molecule has 0 fully saturated rings. The fourth-order valence-corrected chi connectivity index (χ4v) is 5.15. The zero-order valence-electron chi connectivity index (χ0n) is 15.5. The van der Waals surface area contributed by atoms with E-state index in [1.807, 2.05) is 32.0 Å². The first kappa shape index (κ1) is 18.4. The van der Waals surface area contributed by atoms with E-state index in [1.54, 1.807) is 30.3 Å². The lowest BCUT2D eigenvalue weighted by Crippen LogP contribution is -2.24. The molecule has 0 saturated carbocycles. The molecule has 144 valence electrons. The van der Waals surface area contributed by atoms with Gasteiger partial charge < -0.3 is 5.32 Å². The molecule has 2 aromatic carbocycles. The number of nitrogens with zero attached hydrogens (tertiary/aromatic N) is 1. The molecule has 7 nitrogen and oxygen atoms in total. The van der Waals surface area contributed by atoms with Crippen LogP contribution in [0.5, 0.6) is 0 Å². The predicted molar refractivity (Wildman–Crippen MR) is 106 cm³/mol. The number of carbonyl (C=O) groups excluding carboxylic acids is 1. The highest BCUT2D eigenvalue weighted by Gasteiger charge is 2.39. The van der Waals surface area contributed by atoms with Crippen LogP contribution >= 0.6 is 0 Å². The van der Waals surface area contributed by atoms with Crippen LogP contribution in [0.2, 0.25) is 0 Å². The Balaban J connectivity index is 1.69. The van der Waals surface area contributed by atoms with E-state index in [0.717, 1.165) is 11.1 Å².